The Kier molecular flexibility index (Phi) is 4.54. The van der Waals surface area contributed by atoms with E-state index < -0.39 is 0 Å². The van der Waals surface area contributed by atoms with Crippen molar-refractivity contribution in [2.75, 3.05) is 11.4 Å². The molecule has 8 nitrogen and oxygen atoms in total. The first kappa shape index (κ1) is 18.1. The number of benzene rings is 1. The highest BCUT2D eigenvalue weighted by Crippen LogP contribution is 2.36. The van der Waals surface area contributed by atoms with Crippen LogP contribution in [0.5, 0.6) is 5.75 Å². The van der Waals surface area contributed by atoms with Crippen LogP contribution in [-0.2, 0) is 0 Å². The van der Waals surface area contributed by atoms with E-state index in [9.17, 15) is 4.79 Å². The third-order valence-electron chi connectivity index (χ3n) is 4.59. The number of carbonyl (C=O) groups excluding carboxylic acids is 1. The molecule has 0 fully saturated rings. The van der Waals surface area contributed by atoms with Gasteiger partial charge in [0.1, 0.15) is 23.9 Å². The lowest BCUT2D eigenvalue weighted by Crippen LogP contribution is -2.43. The van der Waals surface area contributed by atoms with Crippen molar-refractivity contribution in [2.45, 2.75) is 39.7 Å². The van der Waals surface area contributed by atoms with E-state index >= 15 is 0 Å². The Hall–Kier alpha value is -3.29. The molecule has 1 amide bonds. The number of rotatable bonds is 3. The Morgan fingerprint density at radius 3 is 2.86 bits per heavy atom. The van der Waals surface area contributed by atoms with Crippen molar-refractivity contribution in [3.8, 4) is 11.6 Å². The zero-order chi connectivity index (χ0) is 19.8. The molecule has 8 heteroatoms. The molecule has 4 rings (SSSR count). The smallest absolute Gasteiger partial charge is 0.278 e. The number of nitrogens with zero attached hydrogens (tertiary/aromatic N) is 6. The first-order valence-electron chi connectivity index (χ1n) is 9.26. The molecular weight excluding hydrogens is 356 g/mol. The number of amides is 1. The average Bonchev–Trinajstić information content (AvgIpc) is 3.18. The second-order valence-electron chi connectivity index (χ2n) is 7.23. The number of anilines is 1. The minimum atomic E-state index is -0.222. The fourth-order valence-corrected chi connectivity index (χ4v) is 3.15. The molecule has 28 heavy (non-hydrogen) atoms. The zero-order valence-electron chi connectivity index (χ0n) is 16.3. The number of aryl methyl sites for hydroxylation is 1. The maximum absolute atomic E-state index is 13.2. The number of hydrogen-bond donors (Lipinski definition) is 0. The van der Waals surface area contributed by atoms with Crippen LogP contribution >= 0.6 is 0 Å². The highest BCUT2D eigenvalue weighted by Gasteiger charge is 2.30. The molecule has 0 N–H and O–H groups in total. The minimum Gasteiger partial charge on any atom is -0.486 e. The molecule has 0 saturated heterocycles. The molecule has 0 aliphatic carbocycles. The summed E-state index contributed by atoms with van der Waals surface area (Å²) in [5, 5.41) is 4.41. The van der Waals surface area contributed by atoms with Gasteiger partial charge in [0.05, 0.1) is 24.6 Å². The van der Waals surface area contributed by atoms with Crippen LogP contribution in [0.2, 0.25) is 0 Å². The van der Waals surface area contributed by atoms with Crippen LogP contribution in [0.3, 0.4) is 0 Å². The summed E-state index contributed by atoms with van der Waals surface area (Å²) in [6, 6.07) is 5.77. The molecule has 144 valence electrons. The Bertz CT molecular complexity index is 1030. The van der Waals surface area contributed by atoms with E-state index in [0.717, 1.165) is 17.0 Å². The van der Waals surface area contributed by atoms with Crippen molar-refractivity contribution >= 4 is 11.6 Å². The zero-order valence-corrected chi connectivity index (χ0v) is 16.3. The third-order valence-corrected chi connectivity index (χ3v) is 4.59. The number of ether oxygens (including phenoxy) is 1. The molecule has 1 aliphatic heterocycles. The summed E-state index contributed by atoms with van der Waals surface area (Å²) in [6.07, 6.45) is 4.51. The Morgan fingerprint density at radius 1 is 1.29 bits per heavy atom. The maximum atomic E-state index is 13.2. The van der Waals surface area contributed by atoms with Crippen molar-refractivity contribution in [3.63, 3.8) is 0 Å². The Morgan fingerprint density at radius 2 is 2.11 bits per heavy atom. The van der Waals surface area contributed by atoms with Crippen molar-refractivity contribution in [1.29, 1.82) is 0 Å². The van der Waals surface area contributed by atoms with E-state index in [4.69, 9.17) is 4.74 Å². The van der Waals surface area contributed by atoms with Gasteiger partial charge in [-0.3, -0.25) is 14.7 Å². The van der Waals surface area contributed by atoms with E-state index in [0.29, 0.717) is 18.2 Å². The summed E-state index contributed by atoms with van der Waals surface area (Å²) < 4.78 is 7.49. The van der Waals surface area contributed by atoms with E-state index in [1.165, 1.54) is 6.20 Å². The van der Waals surface area contributed by atoms with Gasteiger partial charge in [-0.05, 0) is 25.5 Å². The summed E-state index contributed by atoms with van der Waals surface area (Å²) in [6.45, 7) is 8.40. The number of hydrogen-bond acceptors (Lipinski definition) is 6. The Labute approximate surface area is 163 Å². The van der Waals surface area contributed by atoms with Crippen molar-refractivity contribution in [1.82, 2.24) is 24.7 Å². The molecule has 0 spiro atoms. The van der Waals surface area contributed by atoms with Gasteiger partial charge in [0.25, 0.3) is 5.91 Å². The topological polar surface area (TPSA) is 86.0 Å². The molecule has 0 saturated carbocycles. The molecule has 0 bridgehead atoms. The quantitative estimate of drug-likeness (QED) is 0.697. The summed E-state index contributed by atoms with van der Waals surface area (Å²) >= 11 is 0. The van der Waals surface area contributed by atoms with E-state index in [1.54, 1.807) is 22.1 Å². The largest absolute Gasteiger partial charge is 0.486 e. The standard InChI is InChI=1S/C20H22N6O2/c1-12(2)19-22-11-26(24-19)17-9-21-8-15(23-17)20(27)25-10-14(4)28-18-13(3)6-5-7-16(18)25/h5-9,11-12,14H,10H2,1-4H3/t14-/m0/s1. The third kappa shape index (κ3) is 3.21. The van der Waals surface area contributed by atoms with Gasteiger partial charge in [0.2, 0.25) is 0 Å². The molecule has 1 aliphatic rings. The highest BCUT2D eigenvalue weighted by molar-refractivity contribution is 6.06. The SMILES string of the molecule is Cc1cccc2c1O[C@@H](C)CN2C(=O)c1cncc(-n2cnc(C(C)C)n2)n1. The van der Waals surface area contributed by atoms with Crippen molar-refractivity contribution in [2.24, 2.45) is 0 Å². The molecule has 0 unspecified atom stereocenters. The first-order chi connectivity index (χ1) is 13.4. The van der Waals surface area contributed by atoms with Crippen LogP contribution in [0.1, 0.15) is 48.6 Å². The van der Waals surface area contributed by atoms with Gasteiger partial charge in [-0.1, -0.05) is 26.0 Å². The molecule has 3 heterocycles. The average molecular weight is 378 g/mol. The molecular formula is C20H22N6O2. The number of aromatic nitrogens is 5. The first-order valence-corrected chi connectivity index (χ1v) is 9.26. The van der Waals surface area contributed by atoms with E-state index in [1.807, 2.05) is 45.9 Å². The molecule has 0 radical (unpaired) electrons. The second kappa shape index (κ2) is 7.03. The van der Waals surface area contributed by atoms with Gasteiger partial charge in [0.15, 0.2) is 11.6 Å². The predicted molar refractivity (Wildman–Crippen MR) is 104 cm³/mol. The van der Waals surface area contributed by atoms with Crippen molar-refractivity contribution in [3.05, 3.63) is 54.0 Å². The summed E-state index contributed by atoms with van der Waals surface area (Å²) in [5.74, 6) is 1.88. The fourth-order valence-electron chi connectivity index (χ4n) is 3.15. The van der Waals surface area contributed by atoms with Crippen LogP contribution in [0.15, 0.2) is 36.9 Å². The molecule has 2 aromatic heterocycles. The van der Waals surface area contributed by atoms with Crippen LogP contribution < -0.4 is 9.64 Å². The van der Waals surface area contributed by atoms with Crippen LogP contribution in [0.25, 0.3) is 5.82 Å². The lowest BCUT2D eigenvalue weighted by Gasteiger charge is -2.34. The minimum absolute atomic E-state index is 0.113. The van der Waals surface area contributed by atoms with Gasteiger partial charge in [0, 0.05) is 5.92 Å². The van der Waals surface area contributed by atoms with Gasteiger partial charge in [-0.2, -0.15) is 0 Å². The lowest BCUT2D eigenvalue weighted by atomic mass is 10.1. The summed E-state index contributed by atoms with van der Waals surface area (Å²) in [5.41, 5.74) is 1.99. The van der Waals surface area contributed by atoms with E-state index in [-0.39, 0.29) is 23.6 Å². The van der Waals surface area contributed by atoms with Gasteiger partial charge in [-0.25, -0.2) is 14.6 Å². The Balaban J connectivity index is 1.69. The van der Waals surface area contributed by atoms with Crippen LogP contribution in [0, 0.1) is 6.92 Å². The monoisotopic (exact) mass is 378 g/mol. The van der Waals surface area contributed by atoms with Crippen LogP contribution in [-0.4, -0.2) is 43.3 Å². The number of para-hydroxylation sites is 1. The molecule has 1 aromatic carbocycles. The summed E-state index contributed by atoms with van der Waals surface area (Å²) in [7, 11) is 0. The lowest BCUT2D eigenvalue weighted by molar-refractivity contribution is 0.0955. The number of carbonyl (C=O) groups is 1. The number of fused-ring (bicyclic) bond motifs is 1. The van der Waals surface area contributed by atoms with E-state index in [2.05, 4.69) is 20.1 Å². The summed E-state index contributed by atoms with van der Waals surface area (Å²) in [4.78, 5) is 27.9. The molecule has 3 aromatic rings. The molecule has 1 atom stereocenters. The van der Waals surface area contributed by atoms with Gasteiger partial charge >= 0.3 is 0 Å². The van der Waals surface area contributed by atoms with Crippen LogP contribution in [0.4, 0.5) is 5.69 Å². The normalized spacial score (nSPS) is 16.0. The highest BCUT2D eigenvalue weighted by atomic mass is 16.5. The second-order valence-corrected chi connectivity index (χ2v) is 7.23. The van der Waals surface area contributed by atoms with Gasteiger partial charge < -0.3 is 4.74 Å². The maximum Gasteiger partial charge on any atom is 0.278 e. The predicted octanol–water partition coefficient (Wildman–Crippen LogP) is 2.92. The van der Waals surface area contributed by atoms with Crippen molar-refractivity contribution < 1.29 is 9.53 Å². The van der Waals surface area contributed by atoms with Gasteiger partial charge in [-0.15, -0.1) is 5.10 Å². The fraction of sp³-hybridized carbons (Fsp3) is 0.350.